The van der Waals surface area contributed by atoms with Crippen LogP contribution in [0, 0.1) is 22.6 Å². The van der Waals surface area contributed by atoms with Gasteiger partial charge in [-0.1, -0.05) is 45.4 Å². The lowest BCUT2D eigenvalue weighted by Gasteiger charge is -2.05. The molecule has 1 nitrogen and oxygen atoms in total. The number of Topliss-reactive ketones (excluding diaryl/α,β-unsaturated/α-hetero) is 1. The third-order valence-corrected chi connectivity index (χ3v) is 5.07. The zero-order valence-electron chi connectivity index (χ0n) is 11.2. The molecule has 0 radical (unpaired) electrons. The van der Waals surface area contributed by atoms with Crippen LogP contribution in [0.4, 0.5) is 4.39 Å². The molecule has 0 amide bonds. The van der Waals surface area contributed by atoms with Crippen molar-refractivity contribution in [1.29, 1.82) is 0 Å². The lowest BCUT2D eigenvalue weighted by Crippen LogP contribution is -2.10. The van der Waals surface area contributed by atoms with Gasteiger partial charge in [-0.3, -0.25) is 4.79 Å². The molecule has 0 unspecified atom stereocenters. The van der Waals surface area contributed by atoms with Crippen molar-refractivity contribution in [2.24, 2.45) is 16.7 Å². The SMILES string of the molecule is CC1(C)C(C(=O)Cc2ccc(F)cc2Cl)C1(C)C. The maximum Gasteiger partial charge on any atom is 0.141 e. The molecule has 1 aromatic carbocycles. The summed E-state index contributed by atoms with van der Waals surface area (Å²) in [5, 5.41) is 0.333. The van der Waals surface area contributed by atoms with Gasteiger partial charge in [0.05, 0.1) is 0 Å². The van der Waals surface area contributed by atoms with Gasteiger partial charge in [0.2, 0.25) is 0 Å². The zero-order chi connectivity index (χ0) is 13.7. The molecule has 0 saturated heterocycles. The van der Waals surface area contributed by atoms with Crippen LogP contribution >= 0.6 is 11.6 Å². The monoisotopic (exact) mass is 268 g/mol. The van der Waals surface area contributed by atoms with Crippen molar-refractivity contribution in [3.8, 4) is 0 Å². The van der Waals surface area contributed by atoms with Gasteiger partial charge in [0.15, 0.2) is 0 Å². The van der Waals surface area contributed by atoms with Gasteiger partial charge in [-0.15, -0.1) is 0 Å². The molecule has 0 aliphatic heterocycles. The molecule has 1 saturated carbocycles. The molecule has 0 N–H and O–H groups in total. The van der Waals surface area contributed by atoms with Crippen LogP contribution in [-0.4, -0.2) is 5.78 Å². The number of carbonyl (C=O) groups is 1. The highest BCUT2D eigenvalue weighted by Gasteiger charge is 2.67. The predicted octanol–water partition coefficient (Wildman–Crippen LogP) is 4.27. The van der Waals surface area contributed by atoms with Crippen LogP contribution in [0.3, 0.4) is 0 Å². The lowest BCUT2D eigenvalue weighted by atomic mass is 10.0. The third-order valence-electron chi connectivity index (χ3n) is 4.72. The minimum atomic E-state index is -0.372. The summed E-state index contributed by atoms with van der Waals surface area (Å²) in [6.45, 7) is 8.45. The molecule has 3 heteroatoms. The van der Waals surface area contributed by atoms with Gasteiger partial charge in [-0.25, -0.2) is 4.39 Å². The molecule has 2 rings (SSSR count). The molecule has 0 atom stereocenters. The van der Waals surface area contributed by atoms with Crippen LogP contribution < -0.4 is 0 Å². The average molecular weight is 269 g/mol. The predicted molar refractivity (Wildman–Crippen MR) is 71.2 cm³/mol. The van der Waals surface area contributed by atoms with E-state index in [1.165, 1.54) is 12.1 Å². The fraction of sp³-hybridized carbons (Fsp3) is 0.533. The molecule has 1 aliphatic carbocycles. The zero-order valence-corrected chi connectivity index (χ0v) is 11.9. The minimum Gasteiger partial charge on any atom is -0.299 e. The van der Waals surface area contributed by atoms with Crippen molar-refractivity contribution in [2.75, 3.05) is 0 Å². The Bertz CT molecular complexity index is 491. The first kappa shape index (κ1) is 13.5. The molecule has 1 aliphatic rings. The summed E-state index contributed by atoms with van der Waals surface area (Å²) >= 11 is 5.95. The van der Waals surface area contributed by atoms with Gasteiger partial charge in [0.1, 0.15) is 11.6 Å². The molecular weight excluding hydrogens is 251 g/mol. The Morgan fingerprint density at radius 3 is 2.28 bits per heavy atom. The van der Waals surface area contributed by atoms with Gasteiger partial charge >= 0.3 is 0 Å². The summed E-state index contributed by atoms with van der Waals surface area (Å²) in [5.74, 6) is -0.118. The average Bonchev–Trinajstić information content (AvgIpc) is 2.62. The van der Waals surface area contributed by atoms with Crippen molar-refractivity contribution in [1.82, 2.24) is 0 Å². The van der Waals surface area contributed by atoms with E-state index in [1.54, 1.807) is 6.07 Å². The van der Waals surface area contributed by atoms with E-state index < -0.39 is 0 Å². The van der Waals surface area contributed by atoms with E-state index in [9.17, 15) is 9.18 Å². The van der Waals surface area contributed by atoms with Gasteiger partial charge in [-0.05, 0) is 28.5 Å². The van der Waals surface area contributed by atoms with E-state index in [0.29, 0.717) is 10.6 Å². The van der Waals surface area contributed by atoms with E-state index in [0.717, 1.165) is 0 Å². The minimum absolute atomic E-state index is 0.0383. The molecular formula is C15H18ClFO. The molecule has 1 fully saturated rings. The Labute approximate surface area is 112 Å². The van der Waals surface area contributed by atoms with Crippen LogP contribution in [0.15, 0.2) is 18.2 Å². The van der Waals surface area contributed by atoms with E-state index in [-0.39, 0.29) is 34.8 Å². The number of benzene rings is 1. The highest BCUT2D eigenvalue weighted by molar-refractivity contribution is 6.31. The number of halogens is 2. The fourth-order valence-electron chi connectivity index (χ4n) is 2.96. The summed E-state index contributed by atoms with van der Waals surface area (Å²) in [5.41, 5.74) is 0.786. The first-order valence-electron chi connectivity index (χ1n) is 6.14. The second kappa shape index (κ2) is 4.06. The summed E-state index contributed by atoms with van der Waals surface area (Å²) in [6, 6.07) is 4.20. The van der Waals surface area contributed by atoms with Gasteiger partial charge in [0, 0.05) is 17.4 Å². The standard InChI is InChI=1S/C15H18ClFO/c1-14(2)13(15(14,3)4)12(18)7-9-5-6-10(17)8-11(9)16/h5-6,8,13H,7H2,1-4H3. The van der Waals surface area contributed by atoms with Gasteiger partial charge in [0.25, 0.3) is 0 Å². The fourth-order valence-corrected chi connectivity index (χ4v) is 3.19. The Kier molecular flexibility index (Phi) is 3.05. The second-order valence-electron chi connectivity index (χ2n) is 6.26. The lowest BCUT2D eigenvalue weighted by molar-refractivity contribution is -0.120. The van der Waals surface area contributed by atoms with Crippen LogP contribution in [-0.2, 0) is 11.2 Å². The normalized spacial score (nSPS) is 20.8. The number of rotatable bonds is 3. The summed E-state index contributed by atoms with van der Waals surface area (Å²) in [4.78, 5) is 12.3. The largest absolute Gasteiger partial charge is 0.299 e. The Morgan fingerprint density at radius 1 is 1.28 bits per heavy atom. The molecule has 98 valence electrons. The van der Waals surface area contributed by atoms with Gasteiger partial charge < -0.3 is 0 Å². The van der Waals surface area contributed by atoms with E-state index in [4.69, 9.17) is 11.6 Å². The van der Waals surface area contributed by atoms with E-state index in [1.807, 2.05) is 0 Å². The molecule has 0 bridgehead atoms. The summed E-state index contributed by atoms with van der Waals surface area (Å²) < 4.78 is 12.9. The Balaban J connectivity index is 2.14. The number of ketones is 1. The third kappa shape index (κ3) is 1.97. The summed E-state index contributed by atoms with van der Waals surface area (Å²) in [7, 11) is 0. The molecule has 1 aromatic rings. The van der Waals surface area contributed by atoms with Crippen molar-refractivity contribution in [3.63, 3.8) is 0 Å². The van der Waals surface area contributed by atoms with E-state index >= 15 is 0 Å². The Hall–Kier alpha value is -0.890. The first-order chi connectivity index (χ1) is 8.18. The van der Waals surface area contributed by atoms with Crippen molar-refractivity contribution < 1.29 is 9.18 Å². The van der Waals surface area contributed by atoms with Crippen LogP contribution in [0.2, 0.25) is 5.02 Å². The molecule has 0 aromatic heterocycles. The van der Waals surface area contributed by atoms with E-state index in [2.05, 4.69) is 27.7 Å². The van der Waals surface area contributed by atoms with Crippen molar-refractivity contribution in [2.45, 2.75) is 34.1 Å². The molecule has 0 heterocycles. The van der Waals surface area contributed by atoms with Crippen LogP contribution in [0.1, 0.15) is 33.3 Å². The maximum atomic E-state index is 12.9. The number of carbonyl (C=O) groups excluding carboxylic acids is 1. The Morgan fingerprint density at radius 2 is 1.83 bits per heavy atom. The quantitative estimate of drug-likeness (QED) is 0.800. The highest BCUT2D eigenvalue weighted by atomic mass is 35.5. The molecule has 18 heavy (non-hydrogen) atoms. The topological polar surface area (TPSA) is 17.1 Å². The number of hydrogen-bond acceptors (Lipinski definition) is 1. The second-order valence-corrected chi connectivity index (χ2v) is 6.66. The van der Waals surface area contributed by atoms with Crippen molar-refractivity contribution in [3.05, 3.63) is 34.6 Å². The van der Waals surface area contributed by atoms with Crippen LogP contribution in [0.25, 0.3) is 0 Å². The van der Waals surface area contributed by atoms with Crippen LogP contribution in [0.5, 0.6) is 0 Å². The highest BCUT2D eigenvalue weighted by Crippen LogP contribution is 2.68. The first-order valence-corrected chi connectivity index (χ1v) is 6.52. The molecule has 0 spiro atoms. The maximum absolute atomic E-state index is 12.9. The van der Waals surface area contributed by atoms with Crippen molar-refractivity contribution >= 4 is 17.4 Å². The van der Waals surface area contributed by atoms with Gasteiger partial charge in [-0.2, -0.15) is 0 Å². The smallest absolute Gasteiger partial charge is 0.141 e. The summed E-state index contributed by atoms with van der Waals surface area (Å²) in [6.07, 6.45) is 0.288. The number of hydrogen-bond donors (Lipinski definition) is 0.